The highest BCUT2D eigenvalue weighted by Gasteiger charge is 2.39. The lowest BCUT2D eigenvalue weighted by molar-refractivity contribution is 0.214. The summed E-state index contributed by atoms with van der Waals surface area (Å²) >= 11 is 0. The topological polar surface area (TPSA) is 0 Å². The number of fused-ring (bicyclic) bond motifs is 1. The molecule has 0 N–H and O–H groups in total. The van der Waals surface area contributed by atoms with E-state index >= 15 is 0 Å². The van der Waals surface area contributed by atoms with Gasteiger partial charge in [0.1, 0.15) is 0 Å². The van der Waals surface area contributed by atoms with Crippen LogP contribution in [0.3, 0.4) is 0 Å². The Balaban J connectivity index is 2.07. The minimum Gasteiger partial charge on any atom is -0.0622 e. The lowest BCUT2D eigenvalue weighted by Gasteiger charge is -2.29. The monoisotopic (exact) mass is 152 g/mol. The fourth-order valence-corrected chi connectivity index (χ4v) is 3.54. The van der Waals surface area contributed by atoms with Crippen LogP contribution in [0.1, 0.15) is 46.0 Å². The van der Waals surface area contributed by atoms with Gasteiger partial charge >= 0.3 is 0 Å². The van der Waals surface area contributed by atoms with Crippen molar-refractivity contribution >= 4 is 0 Å². The van der Waals surface area contributed by atoms with Crippen molar-refractivity contribution in [1.82, 2.24) is 0 Å². The molecular weight excluding hydrogens is 132 g/mol. The standard InChI is InChI=1S/C11H20/c1-8-7-9(2)11-6-4-3-5-10(8)11/h8-11H,3-7H2,1-2H3/t8-,9+,10?,11?. The van der Waals surface area contributed by atoms with E-state index in [9.17, 15) is 0 Å². The van der Waals surface area contributed by atoms with Gasteiger partial charge in [0.15, 0.2) is 0 Å². The molecule has 2 aliphatic rings. The van der Waals surface area contributed by atoms with Crippen LogP contribution >= 0.6 is 0 Å². The van der Waals surface area contributed by atoms with Crippen LogP contribution in [0.25, 0.3) is 0 Å². The van der Waals surface area contributed by atoms with Crippen molar-refractivity contribution in [3.63, 3.8) is 0 Å². The van der Waals surface area contributed by atoms with Gasteiger partial charge in [-0.15, -0.1) is 0 Å². The molecule has 64 valence electrons. The maximum atomic E-state index is 2.46. The van der Waals surface area contributed by atoms with Gasteiger partial charge in [0.25, 0.3) is 0 Å². The van der Waals surface area contributed by atoms with Crippen LogP contribution in [0.5, 0.6) is 0 Å². The summed E-state index contributed by atoms with van der Waals surface area (Å²) in [5.41, 5.74) is 0. The zero-order chi connectivity index (χ0) is 7.84. The van der Waals surface area contributed by atoms with Gasteiger partial charge in [-0.2, -0.15) is 0 Å². The van der Waals surface area contributed by atoms with Gasteiger partial charge in [-0.25, -0.2) is 0 Å². The minimum atomic E-state index is 1.04. The summed E-state index contributed by atoms with van der Waals surface area (Å²) in [4.78, 5) is 0. The van der Waals surface area contributed by atoms with Gasteiger partial charge in [0.05, 0.1) is 0 Å². The largest absolute Gasteiger partial charge is 0.0622 e. The molecule has 0 bridgehead atoms. The Morgan fingerprint density at radius 1 is 0.818 bits per heavy atom. The zero-order valence-corrected chi connectivity index (χ0v) is 7.84. The Morgan fingerprint density at radius 2 is 1.27 bits per heavy atom. The van der Waals surface area contributed by atoms with Crippen LogP contribution in [-0.2, 0) is 0 Å². The summed E-state index contributed by atoms with van der Waals surface area (Å²) in [6, 6.07) is 0. The van der Waals surface area contributed by atoms with Crippen LogP contribution in [0.4, 0.5) is 0 Å². The molecular formula is C11H20. The van der Waals surface area contributed by atoms with E-state index in [1.165, 1.54) is 32.1 Å². The van der Waals surface area contributed by atoms with Crippen LogP contribution in [0, 0.1) is 23.7 Å². The molecule has 0 radical (unpaired) electrons. The third kappa shape index (κ3) is 1.21. The van der Waals surface area contributed by atoms with E-state index in [-0.39, 0.29) is 0 Å². The Morgan fingerprint density at radius 3 is 1.73 bits per heavy atom. The van der Waals surface area contributed by atoms with Gasteiger partial charge in [-0.05, 0) is 42.9 Å². The van der Waals surface area contributed by atoms with Crippen LogP contribution < -0.4 is 0 Å². The van der Waals surface area contributed by atoms with E-state index in [1.807, 2.05) is 0 Å². The summed E-state index contributed by atoms with van der Waals surface area (Å²) in [5.74, 6) is 4.29. The van der Waals surface area contributed by atoms with Gasteiger partial charge < -0.3 is 0 Å². The summed E-state index contributed by atoms with van der Waals surface area (Å²) in [6.07, 6.45) is 7.61. The molecule has 4 atom stereocenters. The predicted octanol–water partition coefficient (Wildman–Crippen LogP) is 3.47. The second-order valence-electron chi connectivity index (χ2n) is 4.80. The molecule has 0 nitrogen and oxygen atoms in total. The van der Waals surface area contributed by atoms with Crippen molar-refractivity contribution in [3.8, 4) is 0 Å². The molecule has 2 saturated carbocycles. The van der Waals surface area contributed by atoms with Crippen LogP contribution in [0.15, 0.2) is 0 Å². The Bertz CT molecular complexity index is 123. The van der Waals surface area contributed by atoms with Crippen LogP contribution in [0.2, 0.25) is 0 Å². The second kappa shape index (κ2) is 2.80. The summed E-state index contributed by atoms with van der Waals surface area (Å²) in [5, 5.41) is 0. The lowest BCUT2D eigenvalue weighted by Crippen LogP contribution is -2.19. The van der Waals surface area contributed by atoms with Gasteiger partial charge in [0, 0.05) is 0 Å². The maximum Gasteiger partial charge on any atom is -0.0357 e. The quantitative estimate of drug-likeness (QED) is 0.498. The van der Waals surface area contributed by atoms with Crippen molar-refractivity contribution in [2.75, 3.05) is 0 Å². The second-order valence-corrected chi connectivity index (χ2v) is 4.80. The summed E-state index contributed by atoms with van der Waals surface area (Å²) in [7, 11) is 0. The molecule has 0 saturated heterocycles. The van der Waals surface area contributed by atoms with E-state index in [4.69, 9.17) is 0 Å². The number of rotatable bonds is 0. The highest BCUT2D eigenvalue weighted by Crippen LogP contribution is 2.48. The van der Waals surface area contributed by atoms with E-state index in [0.717, 1.165) is 23.7 Å². The first-order chi connectivity index (χ1) is 5.29. The first-order valence-electron chi connectivity index (χ1n) is 5.29. The normalized spacial score (nSPS) is 50.7. The average molecular weight is 152 g/mol. The van der Waals surface area contributed by atoms with Crippen molar-refractivity contribution in [2.45, 2.75) is 46.0 Å². The number of hydrogen-bond acceptors (Lipinski definition) is 0. The zero-order valence-electron chi connectivity index (χ0n) is 7.84. The summed E-state index contributed by atoms with van der Waals surface area (Å²) in [6.45, 7) is 4.93. The van der Waals surface area contributed by atoms with Gasteiger partial charge in [-0.3, -0.25) is 0 Å². The molecule has 0 aromatic carbocycles. The highest BCUT2D eigenvalue weighted by molar-refractivity contribution is 4.89. The molecule has 2 fully saturated rings. The van der Waals surface area contributed by atoms with E-state index in [2.05, 4.69) is 13.8 Å². The Kier molecular flexibility index (Phi) is 1.95. The molecule has 0 amide bonds. The third-order valence-electron chi connectivity index (χ3n) is 4.08. The van der Waals surface area contributed by atoms with E-state index in [1.54, 1.807) is 0 Å². The molecule has 2 unspecified atom stereocenters. The van der Waals surface area contributed by atoms with E-state index < -0.39 is 0 Å². The van der Waals surface area contributed by atoms with Gasteiger partial charge in [-0.1, -0.05) is 26.7 Å². The minimum absolute atomic E-state index is 1.04. The van der Waals surface area contributed by atoms with Gasteiger partial charge in [0.2, 0.25) is 0 Å². The molecule has 11 heavy (non-hydrogen) atoms. The molecule has 0 aliphatic heterocycles. The summed E-state index contributed by atoms with van der Waals surface area (Å²) < 4.78 is 0. The fraction of sp³-hybridized carbons (Fsp3) is 1.00. The van der Waals surface area contributed by atoms with Crippen molar-refractivity contribution < 1.29 is 0 Å². The smallest absolute Gasteiger partial charge is 0.0357 e. The lowest BCUT2D eigenvalue weighted by atomic mass is 9.77. The van der Waals surface area contributed by atoms with Crippen molar-refractivity contribution in [2.24, 2.45) is 23.7 Å². The average Bonchev–Trinajstić information content (AvgIpc) is 2.30. The Hall–Kier alpha value is 0. The molecule has 0 spiro atoms. The molecule has 0 heteroatoms. The highest BCUT2D eigenvalue weighted by atomic mass is 14.4. The van der Waals surface area contributed by atoms with E-state index in [0.29, 0.717) is 0 Å². The first kappa shape index (κ1) is 7.64. The van der Waals surface area contributed by atoms with Crippen LogP contribution in [-0.4, -0.2) is 0 Å². The Labute approximate surface area is 70.4 Å². The predicted molar refractivity (Wildman–Crippen MR) is 48.4 cm³/mol. The first-order valence-corrected chi connectivity index (χ1v) is 5.29. The SMILES string of the molecule is C[C@@H]1C[C@H](C)C2CCCCC21. The molecule has 0 aromatic rings. The van der Waals surface area contributed by atoms with Crippen molar-refractivity contribution in [3.05, 3.63) is 0 Å². The fourth-order valence-electron chi connectivity index (χ4n) is 3.54. The molecule has 0 aromatic heterocycles. The molecule has 2 rings (SSSR count). The maximum absolute atomic E-state index is 2.46. The molecule has 2 aliphatic carbocycles. The molecule has 0 heterocycles. The van der Waals surface area contributed by atoms with Crippen molar-refractivity contribution in [1.29, 1.82) is 0 Å². The third-order valence-corrected chi connectivity index (χ3v) is 4.08. The number of hydrogen-bond donors (Lipinski definition) is 0.